The number of thioether (sulfide) groups is 1. The first-order chi connectivity index (χ1) is 11.4. The van der Waals surface area contributed by atoms with E-state index in [1.165, 1.54) is 0 Å². The highest BCUT2D eigenvalue weighted by Crippen LogP contribution is 2.21. The molecular weight excluding hydrogens is 322 g/mol. The second kappa shape index (κ2) is 8.35. The summed E-state index contributed by atoms with van der Waals surface area (Å²) in [6, 6.07) is 6.04. The summed E-state index contributed by atoms with van der Waals surface area (Å²) in [6.45, 7) is 8.37. The van der Waals surface area contributed by atoms with E-state index in [1.807, 2.05) is 32.0 Å². The van der Waals surface area contributed by atoms with Gasteiger partial charge >= 0.3 is 0 Å². The molecule has 6 heteroatoms. The summed E-state index contributed by atoms with van der Waals surface area (Å²) < 4.78 is 2.16. The third-order valence-corrected chi connectivity index (χ3v) is 4.82. The molecule has 24 heavy (non-hydrogen) atoms. The largest absolute Gasteiger partial charge is 0.396 e. The van der Waals surface area contributed by atoms with E-state index in [0.717, 1.165) is 22.7 Å². The third-order valence-electron chi connectivity index (χ3n) is 3.82. The maximum absolute atomic E-state index is 12.6. The van der Waals surface area contributed by atoms with Crippen LogP contribution in [0.4, 0.5) is 5.82 Å². The summed E-state index contributed by atoms with van der Waals surface area (Å²) in [6.07, 6.45) is 1.70. The van der Waals surface area contributed by atoms with Gasteiger partial charge < -0.3 is 15.0 Å². The number of amides is 1. The predicted octanol–water partition coefficient (Wildman–Crippen LogP) is 3.56. The van der Waals surface area contributed by atoms with Gasteiger partial charge in [-0.3, -0.25) is 4.79 Å². The quantitative estimate of drug-likeness (QED) is 0.752. The number of hydrogen-bond donors (Lipinski definition) is 2. The Balaban J connectivity index is 2.13. The number of aromatic nitrogens is 2. The highest BCUT2D eigenvalue weighted by Gasteiger charge is 2.17. The predicted molar refractivity (Wildman–Crippen MR) is 99.7 cm³/mol. The van der Waals surface area contributed by atoms with E-state index in [2.05, 4.69) is 28.7 Å². The van der Waals surface area contributed by atoms with Crippen molar-refractivity contribution in [2.24, 2.45) is 0 Å². The summed E-state index contributed by atoms with van der Waals surface area (Å²) in [4.78, 5) is 16.8. The molecule has 0 saturated carbocycles. The highest BCUT2D eigenvalue weighted by atomic mass is 32.2. The fourth-order valence-electron chi connectivity index (χ4n) is 2.87. The lowest BCUT2D eigenvalue weighted by Crippen LogP contribution is -2.14. The third kappa shape index (κ3) is 4.39. The van der Waals surface area contributed by atoms with Gasteiger partial charge in [-0.2, -0.15) is 11.8 Å². The number of aliphatic hydroxyl groups is 1. The second-order valence-electron chi connectivity index (χ2n) is 6.03. The lowest BCUT2D eigenvalue weighted by Gasteiger charge is -2.13. The van der Waals surface area contributed by atoms with Gasteiger partial charge in [0.2, 0.25) is 0 Å². The summed E-state index contributed by atoms with van der Waals surface area (Å²) in [7, 11) is 0. The van der Waals surface area contributed by atoms with E-state index in [0.29, 0.717) is 23.2 Å². The zero-order valence-electron chi connectivity index (χ0n) is 14.7. The number of nitrogens with zero attached hydrogens (tertiary/aromatic N) is 2. The fraction of sp³-hybridized carbons (Fsp3) is 0.444. The molecular formula is C18H25N3O2S. The number of rotatable bonds is 7. The van der Waals surface area contributed by atoms with Crippen LogP contribution in [0.15, 0.2) is 24.4 Å². The Morgan fingerprint density at radius 3 is 2.75 bits per heavy atom. The van der Waals surface area contributed by atoms with Gasteiger partial charge in [-0.15, -0.1) is 0 Å². The maximum atomic E-state index is 12.6. The molecule has 0 saturated heterocycles. The van der Waals surface area contributed by atoms with Crippen LogP contribution in [-0.4, -0.2) is 32.9 Å². The number of nitrogens with one attached hydrogen (secondary N) is 1. The number of hydrogen-bond acceptors (Lipinski definition) is 4. The van der Waals surface area contributed by atoms with Crippen LogP contribution in [0.5, 0.6) is 0 Å². The van der Waals surface area contributed by atoms with Crippen LogP contribution >= 0.6 is 11.8 Å². The Morgan fingerprint density at radius 2 is 2.12 bits per heavy atom. The number of carbonyl (C=O) groups excluding carboxylic acids is 1. The zero-order chi connectivity index (χ0) is 17.7. The van der Waals surface area contributed by atoms with Gasteiger partial charge in [-0.1, -0.05) is 0 Å². The van der Waals surface area contributed by atoms with Crippen molar-refractivity contribution in [3.8, 4) is 0 Å². The minimum absolute atomic E-state index is 0.136. The number of carbonyl (C=O) groups is 1. The zero-order valence-corrected chi connectivity index (χ0v) is 15.5. The smallest absolute Gasteiger partial charge is 0.258 e. The van der Waals surface area contributed by atoms with Crippen molar-refractivity contribution in [3.63, 3.8) is 0 Å². The van der Waals surface area contributed by atoms with E-state index >= 15 is 0 Å². The molecule has 1 amide bonds. The van der Waals surface area contributed by atoms with Crippen molar-refractivity contribution >= 4 is 23.5 Å². The average Bonchev–Trinajstić information content (AvgIpc) is 2.83. The van der Waals surface area contributed by atoms with E-state index in [4.69, 9.17) is 5.11 Å². The van der Waals surface area contributed by atoms with Gasteiger partial charge in [0, 0.05) is 35.1 Å². The van der Waals surface area contributed by atoms with Gasteiger partial charge in [0.05, 0.1) is 12.2 Å². The maximum Gasteiger partial charge on any atom is 0.258 e. The molecule has 0 aliphatic rings. The Morgan fingerprint density at radius 1 is 1.38 bits per heavy atom. The molecule has 2 rings (SSSR count). The molecule has 0 aliphatic heterocycles. The van der Waals surface area contributed by atoms with Gasteiger partial charge in [0.15, 0.2) is 0 Å². The molecule has 2 aromatic heterocycles. The van der Waals surface area contributed by atoms with Crippen molar-refractivity contribution in [3.05, 3.63) is 46.9 Å². The van der Waals surface area contributed by atoms with Gasteiger partial charge in [0.25, 0.3) is 5.91 Å². The van der Waals surface area contributed by atoms with E-state index < -0.39 is 0 Å². The summed E-state index contributed by atoms with van der Waals surface area (Å²) in [5.74, 6) is 1.90. The van der Waals surface area contributed by atoms with Crippen molar-refractivity contribution in [2.45, 2.75) is 39.5 Å². The van der Waals surface area contributed by atoms with Crippen LogP contribution in [0.1, 0.15) is 47.2 Å². The number of anilines is 1. The number of aryl methyl sites for hydroxylation is 1. The summed E-state index contributed by atoms with van der Waals surface area (Å²) in [5.41, 5.74) is 3.80. The molecule has 2 N–H and O–H groups in total. The second-order valence-corrected chi connectivity index (χ2v) is 7.13. The lowest BCUT2D eigenvalue weighted by molar-refractivity contribution is 0.102. The molecule has 0 bridgehead atoms. The first-order valence-electron chi connectivity index (χ1n) is 8.07. The Kier molecular flexibility index (Phi) is 6.45. The Labute approximate surface area is 147 Å². The molecule has 0 spiro atoms. The molecule has 0 radical (unpaired) electrons. The van der Waals surface area contributed by atoms with Gasteiger partial charge in [0.1, 0.15) is 5.82 Å². The molecule has 130 valence electrons. The lowest BCUT2D eigenvalue weighted by atomic mass is 10.2. The molecule has 0 aliphatic carbocycles. The van der Waals surface area contributed by atoms with Crippen molar-refractivity contribution in [1.82, 2.24) is 9.55 Å². The fourth-order valence-corrected chi connectivity index (χ4v) is 3.56. The van der Waals surface area contributed by atoms with Crippen molar-refractivity contribution in [2.75, 3.05) is 17.7 Å². The monoisotopic (exact) mass is 347 g/mol. The van der Waals surface area contributed by atoms with E-state index in [1.54, 1.807) is 18.0 Å². The van der Waals surface area contributed by atoms with Crippen LogP contribution in [0.25, 0.3) is 0 Å². The summed E-state index contributed by atoms with van der Waals surface area (Å²) in [5, 5.41) is 11.7. The van der Waals surface area contributed by atoms with Crippen LogP contribution in [0.2, 0.25) is 0 Å². The molecule has 2 heterocycles. The topological polar surface area (TPSA) is 67.2 Å². The molecule has 0 fully saturated rings. The summed E-state index contributed by atoms with van der Waals surface area (Å²) >= 11 is 1.65. The highest BCUT2D eigenvalue weighted by molar-refractivity contribution is 7.98. The molecule has 2 aromatic rings. The van der Waals surface area contributed by atoms with Crippen LogP contribution in [-0.2, 0) is 5.75 Å². The molecule has 0 aromatic carbocycles. The molecule has 0 atom stereocenters. The Hall–Kier alpha value is -1.79. The SMILES string of the molecule is Cc1cc(C(=O)Nc2cc(CSCCO)ccn2)c(C)n1C(C)C. The first kappa shape index (κ1) is 18.5. The number of pyridine rings is 1. The first-order valence-corrected chi connectivity index (χ1v) is 9.22. The minimum atomic E-state index is -0.136. The average molecular weight is 347 g/mol. The van der Waals surface area contributed by atoms with Crippen molar-refractivity contribution < 1.29 is 9.90 Å². The van der Waals surface area contributed by atoms with Crippen LogP contribution in [0, 0.1) is 13.8 Å². The van der Waals surface area contributed by atoms with Gasteiger partial charge in [-0.25, -0.2) is 4.98 Å². The Bertz CT molecular complexity index is 710. The van der Waals surface area contributed by atoms with Crippen LogP contribution in [0.3, 0.4) is 0 Å². The molecule has 5 nitrogen and oxygen atoms in total. The number of aliphatic hydroxyl groups excluding tert-OH is 1. The van der Waals surface area contributed by atoms with Gasteiger partial charge in [-0.05, 0) is 51.5 Å². The van der Waals surface area contributed by atoms with E-state index in [-0.39, 0.29) is 12.5 Å². The molecule has 0 unspecified atom stereocenters. The standard InChI is InChI=1S/C18H25N3O2S/c1-12(2)21-13(3)9-16(14(21)4)18(23)20-17-10-15(5-6-19-17)11-24-8-7-22/h5-6,9-10,12,22H,7-8,11H2,1-4H3,(H,19,20,23). The van der Waals surface area contributed by atoms with E-state index in [9.17, 15) is 4.79 Å². The minimum Gasteiger partial charge on any atom is -0.396 e. The van der Waals surface area contributed by atoms with Crippen LogP contribution < -0.4 is 5.32 Å². The van der Waals surface area contributed by atoms with Crippen molar-refractivity contribution in [1.29, 1.82) is 0 Å². The normalized spacial score (nSPS) is 11.1.